The van der Waals surface area contributed by atoms with Crippen LogP contribution in [-0.4, -0.2) is 6.66 Å². The van der Waals surface area contributed by atoms with Crippen LogP contribution in [0, 0.1) is 0 Å². The Balaban J connectivity index is 1.21. The first-order valence-corrected chi connectivity index (χ1v) is 18.9. The lowest BCUT2D eigenvalue weighted by Gasteiger charge is -2.17. The number of hydrogen-bond acceptors (Lipinski definition) is 3. The highest BCUT2D eigenvalue weighted by molar-refractivity contribution is 8.00. The molecule has 1 aliphatic heterocycles. The molecular formula is C33H38PS3+. The highest BCUT2D eigenvalue weighted by Crippen LogP contribution is 2.66. The van der Waals surface area contributed by atoms with Gasteiger partial charge in [0, 0.05) is 25.0 Å². The molecule has 1 aliphatic rings. The van der Waals surface area contributed by atoms with Gasteiger partial charge < -0.3 is 0 Å². The molecule has 0 spiro atoms. The number of rotatable bonds is 12. The summed E-state index contributed by atoms with van der Waals surface area (Å²) in [4.78, 5) is 4.70. The Morgan fingerprint density at radius 3 is 1.65 bits per heavy atom. The van der Waals surface area contributed by atoms with E-state index in [0.29, 0.717) is 0 Å². The van der Waals surface area contributed by atoms with Gasteiger partial charge in [-0.25, -0.2) is 0 Å². The molecule has 4 heterocycles. The largest absolute Gasteiger partial charge is 0.157 e. The van der Waals surface area contributed by atoms with Crippen molar-refractivity contribution >= 4 is 76.7 Å². The zero-order valence-electron chi connectivity index (χ0n) is 22.2. The molecule has 0 fully saturated rings. The van der Waals surface area contributed by atoms with Crippen molar-refractivity contribution in [3.63, 3.8) is 0 Å². The number of unbranched alkanes of at least 4 members (excludes halogenated alkanes) is 9. The summed E-state index contributed by atoms with van der Waals surface area (Å²) < 4.78 is 4.52. The highest BCUT2D eigenvalue weighted by Gasteiger charge is 2.55. The zero-order chi connectivity index (χ0) is 25.2. The highest BCUT2D eigenvalue weighted by atomic mass is 32.1. The van der Waals surface area contributed by atoms with Crippen molar-refractivity contribution in [2.24, 2.45) is 0 Å². The fourth-order valence-corrected chi connectivity index (χ4v) is 16.0. The van der Waals surface area contributed by atoms with Gasteiger partial charge >= 0.3 is 0 Å². The second-order valence-electron chi connectivity index (χ2n) is 10.7. The fraction of sp³-hybridized carbons (Fsp3) is 0.394. The van der Waals surface area contributed by atoms with Crippen molar-refractivity contribution in [1.29, 1.82) is 0 Å². The lowest BCUT2D eigenvalue weighted by molar-refractivity contribution is 0.557. The minimum atomic E-state index is -1.65. The van der Waals surface area contributed by atoms with Gasteiger partial charge in [0.1, 0.15) is 17.9 Å². The van der Waals surface area contributed by atoms with Crippen LogP contribution in [0.15, 0.2) is 60.7 Å². The summed E-state index contributed by atoms with van der Waals surface area (Å²) >= 11 is 6.16. The normalized spacial score (nSPS) is 14.0. The minimum Gasteiger partial charge on any atom is -0.130 e. The molecule has 4 heteroatoms. The molecular weight excluding hydrogens is 524 g/mol. The van der Waals surface area contributed by atoms with Crippen molar-refractivity contribution in [3.05, 3.63) is 65.5 Å². The van der Waals surface area contributed by atoms with Crippen LogP contribution in [-0.2, 0) is 6.42 Å². The maximum atomic E-state index is 2.62. The maximum absolute atomic E-state index is 2.62. The number of thiophene rings is 3. The molecule has 6 rings (SSSR count). The molecule has 0 bridgehead atoms. The quantitative estimate of drug-likeness (QED) is 0.105. The molecule has 0 saturated carbocycles. The summed E-state index contributed by atoms with van der Waals surface area (Å²) in [6.45, 7) is 4.92. The van der Waals surface area contributed by atoms with Crippen LogP contribution >= 0.6 is 41.3 Å². The SMILES string of the molecule is CCCCCCCCCCCCc1ccc([P+]2(C)c3c(sc4ccccc34)-c3sc4ccccc4c32)s1. The molecule has 0 N–H and O–H groups in total. The van der Waals surface area contributed by atoms with E-state index in [0.717, 1.165) is 0 Å². The Labute approximate surface area is 235 Å². The van der Waals surface area contributed by atoms with Gasteiger partial charge in [0.25, 0.3) is 0 Å². The van der Waals surface area contributed by atoms with Crippen molar-refractivity contribution in [1.82, 2.24) is 0 Å². The smallest absolute Gasteiger partial charge is 0.130 e. The maximum Gasteiger partial charge on any atom is 0.157 e. The Hall–Kier alpha value is -1.51. The van der Waals surface area contributed by atoms with Crippen LogP contribution < -0.4 is 15.2 Å². The molecule has 0 aliphatic carbocycles. The molecule has 37 heavy (non-hydrogen) atoms. The number of fused-ring (bicyclic) bond motifs is 7. The minimum absolute atomic E-state index is 1.25. The number of hydrogen-bond donors (Lipinski definition) is 0. The average molecular weight is 562 g/mol. The van der Waals surface area contributed by atoms with E-state index in [2.05, 4.69) is 85.6 Å². The lowest BCUT2D eigenvalue weighted by Crippen LogP contribution is -2.24. The fourth-order valence-electron chi connectivity index (χ4n) is 6.12. The zero-order valence-corrected chi connectivity index (χ0v) is 25.6. The van der Waals surface area contributed by atoms with Gasteiger partial charge in [0.15, 0.2) is 4.62 Å². The molecule has 5 aromatic rings. The van der Waals surface area contributed by atoms with Crippen molar-refractivity contribution in [2.75, 3.05) is 6.66 Å². The Morgan fingerprint density at radius 2 is 1.08 bits per heavy atom. The lowest BCUT2D eigenvalue weighted by atomic mass is 10.1. The molecule has 0 nitrogen and oxygen atoms in total. The Bertz CT molecular complexity index is 1420. The second kappa shape index (κ2) is 11.3. The third-order valence-corrected chi connectivity index (χ3v) is 17.0. The molecule has 0 unspecified atom stereocenters. The van der Waals surface area contributed by atoms with Crippen molar-refractivity contribution in [2.45, 2.75) is 77.6 Å². The first-order valence-electron chi connectivity index (χ1n) is 14.2. The molecule has 192 valence electrons. The van der Waals surface area contributed by atoms with E-state index in [1.54, 1.807) is 29.9 Å². The summed E-state index contributed by atoms with van der Waals surface area (Å²) in [6, 6.07) is 23.2. The molecule has 0 amide bonds. The predicted molar refractivity (Wildman–Crippen MR) is 174 cm³/mol. The van der Waals surface area contributed by atoms with Crippen LogP contribution in [0.5, 0.6) is 0 Å². The Morgan fingerprint density at radius 1 is 0.568 bits per heavy atom. The predicted octanol–water partition coefficient (Wildman–Crippen LogP) is 10.5. The average Bonchev–Trinajstić information content (AvgIpc) is 3.67. The number of benzene rings is 2. The first-order chi connectivity index (χ1) is 18.2. The Kier molecular flexibility index (Phi) is 7.87. The summed E-state index contributed by atoms with van der Waals surface area (Å²) in [5.41, 5.74) is 0. The summed E-state index contributed by atoms with van der Waals surface area (Å²) in [6.07, 6.45) is 15.3. The van der Waals surface area contributed by atoms with E-state index in [4.69, 9.17) is 0 Å². The third kappa shape index (κ3) is 4.76. The molecule has 0 atom stereocenters. The molecule has 2 aromatic carbocycles. The summed E-state index contributed by atoms with van der Waals surface area (Å²) in [7, 11) is -1.65. The standard InChI is InChI=1S/C33H38PS3/c1-3-4-5-6-7-8-9-10-11-12-17-24-22-23-29(35-24)34(2)30-25-18-13-15-20-27(25)36-32(30)33-31(34)26-19-14-16-21-28(26)37-33/h13-16,18-23H,3-12,17H2,1-2H3/q+1. The molecule has 0 saturated heterocycles. The van der Waals surface area contributed by atoms with Gasteiger partial charge in [-0.1, -0.05) is 89.0 Å². The van der Waals surface area contributed by atoms with Gasteiger partial charge in [-0.3, -0.25) is 0 Å². The summed E-state index contributed by atoms with van der Waals surface area (Å²) in [5.74, 6) is 0. The van der Waals surface area contributed by atoms with Gasteiger partial charge in [-0.05, 0) is 49.2 Å². The monoisotopic (exact) mass is 561 g/mol. The first kappa shape index (κ1) is 25.8. The van der Waals surface area contributed by atoms with E-state index < -0.39 is 7.26 Å². The second-order valence-corrected chi connectivity index (χ2v) is 17.7. The molecule has 3 aromatic heterocycles. The van der Waals surface area contributed by atoms with Crippen molar-refractivity contribution < 1.29 is 0 Å². The van der Waals surface area contributed by atoms with Crippen LogP contribution in [0.1, 0.15) is 76.0 Å². The van der Waals surface area contributed by atoms with Crippen LogP contribution in [0.4, 0.5) is 0 Å². The van der Waals surface area contributed by atoms with E-state index in [1.807, 2.05) is 22.7 Å². The van der Waals surface area contributed by atoms with Gasteiger partial charge in [-0.15, -0.1) is 34.0 Å². The molecule has 0 radical (unpaired) electrons. The van der Waals surface area contributed by atoms with E-state index in [9.17, 15) is 0 Å². The van der Waals surface area contributed by atoms with Crippen LogP contribution in [0.25, 0.3) is 29.9 Å². The number of aryl methyl sites for hydroxylation is 1. The van der Waals surface area contributed by atoms with E-state index in [1.165, 1.54) is 90.8 Å². The van der Waals surface area contributed by atoms with Gasteiger partial charge in [-0.2, -0.15) is 0 Å². The topological polar surface area (TPSA) is 0 Å². The van der Waals surface area contributed by atoms with Crippen molar-refractivity contribution in [3.8, 4) is 9.75 Å². The van der Waals surface area contributed by atoms with Crippen LogP contribution in [0.3, 0.4) is 0 Å². The van der Waals surface area contributed by atoms with E-state index >= 15 is 0 Å². The van der Waals surface area contributed by atoms with Crippen LogP contribution in [0.2, 0.25) is 0 Å². The van der Waals surface area contributed by atoms with Gasteiger partial charge in [0.05, 0.1) is 16.4 Å². The van der Waals surface area contributed by atoms with Gasteiger partial charge in [0.2, 0.25) is 0 Å². The summed E-state index contributed by atoms with van der Waals surface area (Å²) in [5, 5.41) is 6.31. The third-order valence-electron chi connectivity index (χ3n) is 8.10. The van der Waals surface area contributed by atoms with E-state index in [-0.39, 0.29) is 0 Å².